The molecule has 1 aliphatic carbocycles. The number of nitrogens with zero attached hydrogens (tertiary/aromatic N) is 1. The molecule has 1 aromatic carbocycles. The van der Waals surface area contributed by atoms with Gasteiger partial charge in [0.05, 0.1) is 11.5 Å². The van der Waals surface area contributed by atoms with E-state index in [9.17, 15) is 22.8 Å². The zero-order valence-corrected chi connectivity index (χ0v) is 15.6. The van der Waals surface area contributed by atoms with Crippen molar-refractivity contribution in [3.05, 3.63) is 35.4 Å². The highest BCUT2D eigenvalue weighted by molar-refractivity contribution is 5.85. The molecule has 4 nitrogen and oxygen atoms in total. The second-order valence-corrected chi connectivity index (χ2v) is 7.99. The minimum atomic E-state index is -4.44. The number of nitrogens with one attached hydrogen (secondary N) is 1. The smallest absolute Gasteiger partial charge is 0.356 e. The van der Waals surface area contributed by atoms with Crippen molar-refractivity contribution in [1.29, 1.82) is 0 Å². The van der Waals surface area contributed by atoms with Gasteiger partial charge >= 0.3 is 6.18 Å². The van der Waals surface area contributed by atoms with Gasteiger partial charge < -0.3 is 10.2 Å². The third-order valence-corrected chi connectivity index (χ3v) is 5.22. The summed E-state index contributed by atoms with van der Waals surface area (Å²) in [6, 6.07) is 5.12. The van der Waals surface area contributed by atoms with Crippen LogP contribution in [0.4, 0.5) is 13.2 Å². The molecule has 1 aromatic rings. The molecule has 0 spiro atoms. The summed E-state index contributed by atoms with van der Waals surface area (Å²) in [6.45, 7) is 5.00. The topological polar surface area (TPSA) is 49.4 Å². The Kier molecular flexibility index (Phi) is 5.49. The number of benzene rings is 1. The van der Waals surface area contributed by atoms with Crippen LogP contribution in [0.1, 0.15) is 43.7 Å². The average molecular weight is 382 g/mol. The number of hydrogen-bond acceptors (Lipinski definition) is 2. The van der Waals surface area contributed by atoms with Crippen molar-refractivity contribution in [2.45, 2.75) is 38.8 Å². The molecule has 0 aromatic heterocycles. The first-order chi connectivity index (χ1) is 12.7. The normalized spacial score (nSPS) is 23.0. The largest absolute Gasteiger partial charge is 0.416 e. The summed E-state index contributed by atoms with van der Waals surface area (Å²) in [6.07, 6.45) is -2.73. The Labute approximate surface area is 157 Å². The predicted octanol–water partition coefficient (Wildman–Crippen LogP) is 3.43. The van der Waals surface area contributed by atoms with Crippen molar-refractivity contribution in [3.8, 4) is 0 Å². The van der Waals surface area contributed by atoms with Gasteiger partial charge in [-0.1, -0.05) is 32.0 Å². The van der Waals surface area contributed by atoms with Gasteiger partial charge in [-0.05, 0) is 30.4 Å². The van der Waals surface area contributed by atoms with E-state index in [-0.39, 0.29) is 36.7 Å². The quantitative estimate of drug-likeness (QED) is 0.848. The molecule has 2 unspecified atom stereocenters. The van der Waals surface area contributed by atoms with Crippen LogP contribution in [0.15, 0.2) is 24.3 Å². The third kappa shape index (κ3) is 4.62. The van der Waals surface area contributed by atoms with E-state index in [4.69, 9.17) is 0 Å². The molecule has 2 fully saturated rings. The van der Waals surface area contributed by atoms with Crippen molar-refractivity contribution in [1.82, 2.24) is 10.2 Å². The van der Waals surface area contributed by atoms with Gasteiger partial charge in [0, 0.05) is 31.5 Å². The highest BCUT2D eigenvalue weighted by atomic mass is 19.4. The molecule has 1 heterocycles. The number of hydrogen-bond donors (Lipinski definition) is 1. The van der Waals surface area contributed by atoms with Gasteiger partial charge in [0.25, 0.3) is 0 Å². The maximum atomic E-state index is 13.1. The fraction of sp³-hybridized carbons (Fsp3) is 0.600. The fourth-order valence-electron chi connectivity index (χ4n) is 3.56. The molecule has 1 saturated carbocycles. The number of likely N-dealkylation sites (tertiary alicyclic amines) is 1. The molecule has 148 valence electrons. The Hall–Kier alpha value is -2.05. The lowest BCUT2D eigenvalue weighted by atomic mass is 9.87. The highest BCUT2D eigenvalue weighted by Gasteiger charge is 2.44. The zero-order chi connectivity index (χ0) is 19.8. The minimum Gasteiger partial charge on any atom is -0.356 e. The van der Waals surface area contributed by atoms with Crippen LogP contribution in [0.5, 0.6) is 0 Å². The molecule has 2 amide bonds. The van der Waals surface area contributed by atoms with E-state index < -0.39 is 23.6 Å². The second-order valence-electron chi connectivity index (χ2n) is 7.99. The number of carbonyl (C=O) groups is 2. The summed E-state index contributed by atoms with van der Waals surface area (Å²) >= 11 is 0. The Morgan fingerprint density at radius 2 is 1.93 bits per heavy atom. The molecule has 1 N–H and O–H groups in total. The van der Waals surface area contributed by atoms with E-state index >= 15 is 0 Å². The maximum absolute atomic E-state index is 13.1. The van der Waals surface area contributed by atoms with Crippen LogP contribution < -0.4 is 5.32 Å². The van der Waals surface area contributed by atoms with Crippen molar-refractivity contribution in [2.75, 3.05) is 19.6 Å². The highest BCUT2D eigenvalue weighted by Crippen LogP contribution is 2.39. The molecule has 1 saturated heterocycles. The lowest BCUT2D eigenvalue weighted by molar-refractivity contribution is -0.137. The number of rotatable bonds is 5. The van der Waals surface area contributed by atoms with E-state index in [1.807, 2.05) is 13.8 Å². The molecule has 0 radical (unpaired) electrons. The number of alkyl halides is 3. The van der Waals surface area contributed by atoms with E-state index in [0.29, 0.717) is 12.1 Å². The van der Waals surface area contributed by atoms with Crippen LogP contribution in [0, 0.1) is 17.8 Å². The molecule has 27 heavy (non-hydrogen) atoms. The Balaban J connectivity index is 1.84. The van der Waals surface area contributed by atoms with Crippen molar-refractivity contribution in [2.24, 2.45) is 17.8 Å². The number of carbonyl (C=O) groups excluding carboxylic acids is 2. The lowest BCUT2D eigenvalue weighted by Gasteiger charge is -2.20. The maximum Gasteiger partial charge on any atom is 0.416 e. The third-order valence-electron chi connectivity index (χ3n) is 5.22. The fourth-order valence-corrected chi connectivity index (χ4v) is 3.56. The van der Waals surface area contributed by atoms with Gasteiger partial charge in [-0.2, -0.15) is 13.2 Å². The molecule has 2 atom stereocenters. The Bertz CT molecular complexity index is 713. The van der Waals surface area contributed by atoms with E-state index in [2.05, 4.69) is 5.32 Å². The molecular weight excluding hydrogens is 357 g/mol. The Morgan fingerprint density at radius 3 is 2.52 bits per heavy atom. The summed E-state index contributed by atoms with van der Waals surface area (Å²) in [5.41, 5.74) is -0.270. The predicted molar refractivity (Wildman–Crippen MR) is 94.8 cm³/mol. The first-order valence-electron chi connectivity index (χ1n) is 9.40. The van der Waals surface area contributed by atoms with Crippen LogP contribution in [-0.4, -0.2) is 36.3 Å². The minimum absolute atomic E-state index is 0.0182. The lowest BCUT2D eigenvalue weighted by Crippen LogP contribution is -2.37. The zero-order valence-electron chi connectivity index (χ0n) is 15.6. The monoisotopic (exact) mass is 382 g/mol. The molecule has 0 bridgehead atoms. The van der Waals surface area contributed by atoms with Crippen LogP contribution in [0.3, 0.4) is 0 Å². The van der Waals surface area contributed by atoms with E-state index in [1.54, 1.807) is 11.0 Å². The van der Waals surface area contributed by atoms with Crippen LogP contribution in [0.25, 0.3) is 0 Å². The summed E-state index contributed by atoms with van der Waals surface area (Å²) < 4.78 is 39.3. The summed E-state index contributed by atoms with van der Waals surface area (Å²) in [7, 11) is 0. The molecule has 7 heteroatoms. The van der Waals surface area contributed by atoms with Crippen molar-refractivity contribution in [3.63, 3.8) is 0 Å². The van der Waals surface area contributed by atoms with Gasteiger partial charge in [-0.3, -0.25) is 9.59 Å². The van der Waals surface area contributed by atoms with E-state index in [1.165, 1.54) is 6.07 Å². The summed E-state index contributed by atoms with van der Waals surface area (Å²) in [4.78, 5) is 26.8. The van der Waals surface area contributed by atoms with Gasteiger partial charge in [0.1, 0.15) is 0 Å². The Morgan fingerprint density at radius 1 is 1.22 bits per heavy atom. The molecule has 1 aliphatic heterocycles. The molecule has 3 rings (SSSR count). The van der Waals surface area contributed by atoms with Gasteiger partial charge in [-0.25, -0.2) is 0 Å². The first-order valence-corrected chi connectivity index (χ1v) is 9.40. The van der Waals surface area contributed by atoms with Crippen molar-refractivity contribution < 1.29 is 22.8 Å². The van der Waals surface area contributed by atoms with Crippen LogP contribution >= 0.6 is 0 Å². The van der Waals surface area contributed by atoms with E-state index in [0.717, 1.165) is 25.0 Å². The average Bonchev–Trinajstić information content (AvgIpc) is 3.36. The summed E-state index contributed by atoms with van der Waals surface area (Å²) in [5, 5.41) is 2.87. The number of amides is 2. The second kappa shape index (κ2) is 7.52. The first kappa shape index (κ1) is 19.7. The molecule has 2 aliphatic rings. The van der Waals surface area contributed by atoms with Gasteiger partial charge in [0.15, 0.2) is 0 Å². The number of halogens is 3. The summed E-state index contributed by atoms with van der Waals surface area (Å²) in [5.74, 6) is -0.850. The SMILES string of the molecule is CC(C)CNC(=O)C1CN(C(=O)C2CC2)CC1c1cccc(C(F)(F)F)c1. The van der Waals surface area contributed by atoms with Crippen LogP contribution in [-0.2, 0) is 15.8 Å². The van der Waals surface area contributed by atoms with Gasteiger partial charge in [-0.15, -0.1) is 0 Å². The standard InChI is InChI=1S/C20H25F3N2O2/c1-12(2)9-24-18(26)17-11-25(19(27)13-6-7-13)10-16(17)14-4-3-5-15(8-14)20(21,22)23/h3-5,8,12-13,16-17H,6-7,9-11H2,1-2H3,(H,24,26). The molecular formula is C20H25F3N2O2. The van der Waals surface area contributed by atoms with Crippen LogP contribution in [0.2, 0.25) is 0 Å². The van der Waals surface area contributed by atoms with Crippen molar-refractivity contribution >= 4 is 11.8 Å². The van der Waals surface area contributed by atoms with Gasteiger partial charge in [0.2, 0.25) is 11.8 Å².